The maximum Gasteiger partial charge on any atom is 0.141 e. The van der Waals surface area contributed by atoms with E-state index in [1.165, 1.54) is 5.56 Å². The van der Waals surface area contributed by atoms with Crippen molar-refractivity contribution in [3.8, 4) is 0 Å². The first-order chi connectivity index (χ1) is 9.45. The molecule has 104 valence electrons. The van der Waals surface area contributed by atoms with Crippen LogP contribution in [-0.2, 0) is 17.6 Å². The minimum Gasteiger partial charge on any atom is -0.299 e. The molecule has 0 aliphatic heterocycles. The Balaban J connectivity index is 2.09. The van der Waals surface area contributed by atoms with Gasteiger partial charge in [-0.2, -0.15) is 0 Å². The van der Waals surface area contributed by atoms with Gasteiger partial charge < -0.3 is 0 Å². The van der Waals surface area contributed by atoms with Crippen LogP contribution in [0.1, 0.15) is 22.3 Å². The van der Waals surface area contributed by atoms with E-state index in [0.717, 1.165) is 16.7 Å². The largest absolute Gasteiger partial charge is 0.299 e. The van der Waals surface area contributed by atoms with Gasteiger partial charge in [0.05, 0.1) is 10.0 Å². The van der Waals surface area contributed by atoms with Crippen LogP contribution in [0.4, 0.5) is 0 Å². The number of carbonyl (C=O) groups is 1. The Kier molecular flexibility index (Phi) is 4.85. The van der Waals surface area contributed by atoms with Crippen molar-refractivity contribution < 1.29 is 4.79 Å². The molecule has 2 rings (SSSR count). The molecule has 0 amide bonds. The van der Waals surface area contributed by atoms with Crippen LogP contribution in [0.25, 0.3) is 0 Å². The lowest BCUT2D eigenvalue weighted by molar-refractivity contribution is -0.117. The van der Waals surface area contributed by atoms with E-state index >= 15 is 0 Å². The van der Waals surface area contributed by atoms with Crippen LogP contribution in [-0.4, -0.2) is 5.78 Å². The molecule has 0 aliphatic rings. The van der Waals surface area contributed by atoms with E-state index in [-0.39, 0.29) is 5.78 Å². The normalized spacial score (nSPS) is 10.6. The lowest BCUT2D eigenvalue weighted by atomic mass is 9.98. The third-order valence-corrected chi connectivity index (χ3v) is 4.02. The smallest absolute Gasteiger partial charge is 0.141 e. The number of hydrogen-bond acceptors (Lipinski definition) is 1. The van der Waals surface area contributed by atoms with Gasteiger partial charge in [0.2, 0.25) is 0 Å². The minimum atomic E-state index is 0.178. The first-order valence-electron chi connectivity index (χ1n) is 6.47. The Morgan fingerprint density at radius 2 is 1.70 bits per heavy atom. The Bertz CT molecular complexity index is 647. The molecule has 0 heterocycles. The minimum absolute atomic E-state index is 0.178. The van der Waals surface area contributed by atoms with Gasteiger partial charge in [-0.05, 0) is 42.7 Å². The predicted molar refractivity (Wildman–Crippen MR) is 84.8 cm³/mol. The molecule has 0 saturated carbocycles. The van der Waals surface area contributed by atoms with Crippen LogP contribution in [0.5, 0.6) is 0 Å². The lowest BCUT2D eigenvalue weighted by Crippen LogP contribution is -2.08. The van der Waals surface area contributed by atoms with E-state index in [1.807, 2.05) is 19.9 Å². The molecule has 0 aromatic heterocycles. The van der Waals surface area contributed by atoms with Crippen LogP contribution < -0.4 is 0 Å². The van der Waals surface area contributed by atoms with Crippen LogP contribution in [0.2, 0.25) is 10.0 Å². The quantitative estimate of drug-likeness (QED) is 0.780. The van der Waals surface area contributed by atoms with Crippen molar-refractivity contribution in [3.05, 3.63) is 68.7 Å². The van der Waals surface area contributed by atoms with Crippen LogP contribution >= 0.6 is 23.2 Å². The lowest BCUT2D eigenvalue weighted by Gasteiger charge is -2.07. The number of Topliss-reactive ketones (excluding diaryl/α,β-unsaturated/α-hetero) is 1. The molecule has 20 heavy (non-hydrogen) atoms. The molecule has 1 nitrogen and oxygen atoms in total. The highest BCUT2D eigenvalue weighted by atomic mass is 35.5. The zero-order valence-electron chi connectivity index (χ0n) is 11.5. The molecule has 3 heteroatoms. The second kappa shape index (κ2) is 6.43. The van der Waals surface area contributed by atoms with E-state index in [0.29, 0.717) is 22.9 Å². The fraction of sp³-hybridized carbons (Fsp3) is 0.235. The number of benzene rings is 2. The van der Waals surface area contributed by atoms with Gasteiger partial charge in [0.15, 0.2) is 0 Å². The number of carbonyl (C=O) groups excluding carboxylic acids is 1. The van der Waals surface area contributed by atoms with Crippen molar-refractivity contribution in [2.45, 2.75) is 26.7 Å². The molecule has 0 radical (unpaired) electrons. The summed E-state index contributed by atoms with van der Waals surface area (Å²) < 4.78 is 0. The molecule has 2 aromatic carbocycles. The highest BCUT2D eigenvalue weighted by Gasteiger charge is 2.09. The average Bonchev–Trinajstić information content (AvgIpc) is 2.38. The first kappa shape index (κ1) is 15.1. The zero-order chi connectivity index (χ0) is 14.7. The molecule has 0 unspecified atom stereocenters. The van der Waals surface area contributed by atoms with Gasteiger partial charge in [-0.3, -0.25) is 4.79 Å². The molecule has 0 spiro atoms. The average molecular weight is 307 g/mol. The molecule has 0 fully saturated rings. The molecule has 0 atom stereocenters. The van der Waals surface area contributed by atoms with E-state index in [1.54, 1.807) is 12.1 Å². The topological polar surface area (TPSA) is 17.1 Å². The Morgan fingerprint density at radius 3 is 2.40 bits per heavy atom. The SMILES string of the molecule is Cc1ccc(C)c(CC(=O)Cc2ccc(Cl)c(Cl)c2)c1. The molecule has 0 aliphatic carbocycles. The third kappa shape index (κ3) is 3.84. The van der Waals surface area contributed by atoms with E-state index in [9.17, 15) is 4.79 Å². The summed E-state index contributed by atoms with van der Waals surface area (Å²) in [6.45, 7) is 4.06. The van der Waals surface area contributed by atoms with Gasteiger partial charge in [0.1, 0.15) is 5.78 Å². The summed E-state index contributed by atoms with van der Waals surface area (Å²) in [4.78, 5) is 12.2. The van der Waals surface area contributed by atoms with Crippen molar-refractivity contribution in [3.63, 3.8) is 0 Å². The maximum absolute atomic E-state index is 12.2. The van der Waals surface area contributed by atoms with Crippen LogP contribution in [0.15, 0.2) is 36.4 Å². The summed E-state index contributed by atoms with van der Waals surface area (Å²) in [6, 6.07) is 11.5. The number of hydrogen-bond donors (Lipinski definition) is 0. The van der Waals surface area contributed by atoms with E-state index in [2.05, 4.69) is 18.2 Å². The summed E-state index contributed by atoms with van der Waals surface area (Å²) >= 11 is 11.8. The molecule has 2 aromatic rings. The van der Waals surface area contributed by atoms with Gasteiger partial charge >= 0.3 is 0 Å². The fourth-order valence-corrected chi connectivity index (χ4v) is 2.46. The summed E-state index contributed by atoms with van der Waals surface area (Å²) in [5.74, 6) is 0.178. The Hall–Kier alpha value is -1.31. The fourth-order valence-electron chi connectivity index (χ4n) is 2.14. The Morgan fingerprint density at radius 1 is 0.950 bits per heavy atom. The van der Waals surface area contributed by atoms with Gasteiger partial charge in [-0.15, -0.1) is 0 Å². The number of ketones is 1. The van der Waals surface area contributed by atoms with Gasteiger partial charge in [0.25, 0.3) is 0 Å². The summed E-state index contributed by atoms with van der Waals surface area (Å²) in [5, 5.41) is 1.00. The molecule has 0 bridgehead atoms. The second-order valence-electron chi connectivity index (χ2n) is 5.07. The second-order valence-corrected chi connectivity index (χ2v) is 5.89. The standard InChI is InChI=1S/C17H16Cl2O/c1-11-3-4-12(2)14(7-11)10-15(20)8-13-5-6-16(18)17(19)9-13/h3-7,9H,8,10H2,1-2H3. The van der Waals surface area contributed by atoms with Crippen molar-refractivity contribution >= 4 is 29.0 Å². The van der Waals surface area contributed by atoms with Crippen LogP contribution in [0.3, 0.4) is 0 Å². The first-order valence-corrected chi connectivity index (χ1v) is 7.23. The highest BCUT2D eigenvalue weighted by molar-refractivity contribution is 6.42. The predicted octanol–water partition coefficient (Wildman–Crippen LogP) is 4.96. The van der Waals surface area contributed by atoms with E-state index < -0.39 is 0 Å². The number of halogens is 2. The van der Waals surface area contributed by atoms with Crippen molar-refractivity contribution in [2.24, 2.45) is 0 Å². The third-order valence-electron chi connectivity index (χ3n) is 3.28. The molecule has 0 N–H and O–H groups in total. The summed E-state index contributed by atoms with van der Waals surface area (Å²) in [6.07, 6.45) is 0.831. The van der Waals surface area contributed by atoms with Gasteiger partial charge in [0, 0.05) is 12.8 Å². The molecule has 0 saturated heterocycles. The van der Waals surface area contributed by atoms with Crippen LogP contribution in [0, 0.1) is 13.8 Å². The van der Waals surface area contributed by atoms with Crippen molar-refractivity contribution in [1.29, 1.82) is 0 Å². The Labute approximate surface area is 129 Å². The maximum atomic E-state index is 12.2. The zero-order valence-corrected chi connectivity index (χ0v) is 13.1. The van der Waals surface area contributed by atoms with Gasteiger partial charge in [-0.1, -0.05) is 53.0 Å². The monoisotopic (exact) mass is 306 g/mol. The highest BCUT2D eigenvalue weighted by Crippen LogP contribution is 2.23. The summed E-state index contributed by atoms with van der Waals surface area (Å²) in [7, 11) is 0. The number of aryl methyl sites for hydroxylation is 2. The molecular weight excluding hydrogens is 291 g/mol. The summed E-state index contributed by atoms with van der Waals surface area (Å²) in [5.41, 5.74) is 4.32. The number of rotatable bonds is 4. The molecular formula is C17H16Cl2O. The van der Waals surface area contributed by atoms with Crippen molar-refractivity contribution in [2.75, 3.05) is 0 Å². The van der Waals surface area contributed by atoms with E-state index in [4.69, 9.17) is 23.2 Å². The van der Waals surface area contributed by atoms with Gasteiger partial charge in [-0.25, -0.2) is 0 Å². The van der Waals surface area contributed by atoms with Crippen molar-refractivity contribution in [1.82, 2.24) is 0 Å².